The summed E-state index contributed by atoms with van der Waals surface area (Å²) in [4.78, 5) is 1.93. The maximum Gasteiger partial charge on any atom is 0.114 e. The number of rotatable bonds is 3. The smallest absolute Gasteiger partial charge is 0.114 e. The zero-order valence-electron chi connectivity index (χ0n) is 7.41. The molecule has 4 heteroatoms. The molecule has 0 amide bonds. The van der Waals surface area contributed by atoms with E-state index >= 15 is 0 Å². The number of aliphatic hydroxyl groups excluding tert-OH is 1. The first-order chi connectivity index (χ1) is 5.65. The van der Waals surface area contributed by atoms with Crippen LogP contribution in [0.3, 0.4) is 0 Å². The molecule has 3 atom stereocenters. The third-order valence-corrected chi connectivity index (χ3v) is 2.43. The Morgan fingerprint density at radius 1 is 1.75 bits per heavy atom. The number of halogens is 1. The van der Waals surface area contributed by atoms with E-state index in [1.54, 1.807) is 0 Å². The number of nitrogens with two attached hydrogens (primary N) is 1. The first-order valence-corrected chi connectivity index (χ1v) is 4.39. The van der Waals surface area contributed by atoms with Gasteiger partial charge in [0, 0.05) is 25.2 Å². The second-order valence-corrected chi connectivity index (χ2v) is 3.49. The highest BCUT2D eigenvalue weighted by Gasteiger charge is 2.29. The average Bonchev–Trinajstić information content (AvgIpc) is 2.37. The Bertz CT molecular complexity index is 143. The van der Waals surface area contributed by atoms with E-state index in [9.17, 15) is 4.39 Å². The first-order valence-electron chi connectivity index (χ1n) is 4.39. The Balaban J connectivity index is 2.44. The fourth-order valence-corrected chi connectivity index (χ4v) is 1.66. The van der Waals surface area contributed by atoms with Gasteiger partial charge in [-0.25, -0.2) is 4.39 Å². The van der Waals surface area contributed by atoms with Crippen molar-refractivity contribution in [3.05, 3.63) is 0 Å². The molecule has 3 N–H and O–H groups in total. The van der Waals surface area contributed by atoms with Crippen molar-refractivity contribution in [1.29, 1.82) is 0 Å². The summed E-state index contributed by atoms with van der Waals surface area (Å²) in [6.45, 7) is 3.00. The molecule has 0 aromatic heterocycles. The monoisotopic (exact) mass is 176 g/mol. The maximum absolute atomic E-state index is 12.8. The lowest BCUT2D eigenvalue weighted by atomic mass is 10.1. The zero-order valence-corrected chi connectivity index (χ0v) is 7.41. The topological polar surface area (TPSA) is 49.5 Å². The number of hydrogen-bond donors (Lipinski definition) is 2. The van der Waals surface area contributed by atoms with Crippen LogP contribution in [0.4, 0.5) is 4.39 Å². The van der Waals surface area contributed by atoms with Crippen molar-refractivity contribution < 1.29 is 9.50 Å². The molecule has 1 rings (SSSR count). The molecule has 1 aliphatic heterocycles. The van der Waals surface area contributed by atoms with Gasteiger partial charge in [-0.2, -0.15) is 0 Å². The van der Waals surface area contributed by atoms with Crippen LogP contribution in [0.5, 0.6) is 0 Å². The van der Waals surface area contributed by atoms with Gasteiger partial charge in [-0.15, -0.1) is 0 Å². The fraction of sp³-hybridized carbons (Fsp3) is 1.00. The van der Waals surface area contributed by atoms with Crippen LogP contribution in [0.25, 0.3) is 0 Å². The first kappa shape index (κ1) is 9.89. The van der Waals surface area contributed by atoms with Crippen LogP contribution in [-0.2, 0) is 0 Å². The highest BCUT2D eigenvalue weighted by Crippen LogP contribution is 2.16. The van der Waals surface area contributed by atoms with E-state index in [1.807, 2.05) is 11.8 Å². The quantitative estimate of drug-likeness (QED) is 0.623. The van der Waals surface area contributed by atoms with Crippen molar-refractivity contribution in [2.24, 2.45) is 5.73 Å². The Morgan fingerprint density at radius 3 is 2.75 bits per heavy atom. The zero-order chi connectivity index (χ0) is 9.14. The van der Waals surface area contributed by atoms with Crippen LogP contribution >= 0.6 is 0 Å². The number of nitrogens with zero attached hydrogens (tertiary/aromatic N) is 1. The molecule has 0 radical (unpaired) electrons. The van der Waals surface area contributed by atoms with E-state index in [0.717, 1.165) is 0 Å². The van der Waals surface area contributed by atoms with Gasteiger partial charge >= 0.3 is 0 Å². The Labute approximate surface area is 72.3 Å². The summed E-state index contributed by atoms with van der Waals surface area (Å²) in [5.74, 6) is 0. The van der Waals surface area contributed by atoms with E-state index in [1.165, 1.54) is 0 Å². The van der Waals surface area contributed by atoms with Crippen molar-refractivity contribution >= 4 is 0 Å². The molecule has 0 aromatic rings. The lowest BCUT2D eigenvalue weighted by Gasteiger charge is -2.28. The molecule has 72 valence electrons. The molecule has 1 heterocycles. The van der Waals surface area contributed by atoms with Gasteiger partial charge in [0.05, 0.1) is 6.61 Å². The van der Waals surface area contributed by atoms with Gasteiger partial charge in [-0.3, -0.25) is 4.90 Å². The lowest BCUT2D eigenvalue weighted by molar-refractivity contribution is 0.123. The highest BCUT2D eigenvalue weighted by molar-refractivity contribution is 4.85. The molecule has 1 fully saturated rings. The van der Waals surface area contributed by atoms with Crippen LogP contribution in [0.2, 0.25) is 0 Å². The Kier molecular flexibility index (Phi) is 3.43. The van der Waals surface area contributed by atoms with E-state index in [0.29, 0.717) is 19.5 Å². The van der Waals surface area contributed by atoms with Gasteiger partial charge in [0.1, 0.15) is 6.17 Å². The minimum Gasteiger partial charge on any atom is -0.395 e. The van der Waals surface area contributed by atoms with Gasteiger partial charge in [-0.1, -0.05) is 0 Å². The molecule has 3 unspecified atom stereocenters. The largest absolute Gasteiger partial charge is 0.395 e. The summed E-state index contributed by atoms with van der Waals surface area (Å²) in [6, 6.07) is -0.175. The number of alkyl halides is 1. The van der Waals surface area contributed by atoms with Crippen molar-refractivity contribution in [3.63, 3.8) is 0 Å². The third-order valence-electron chi connectivity index (χ3n) is 2.43. The van der Waals surface area contributed by atoms with E-state index in [4.69, 9.17) is 10.8 Å². The second kappa shape index (κ2) is 4.16. The predicted molar refractivity (Wildman–Crippen MR) is 45.6 cm³/mol. The third kappa shape index (κ3) is 2.15. The van der Waals surface area contributed by atoms with Crippen LogP contribution in [-0.4, -0.2) is 48.0 Å². The fourth-order valence-electron chi connectivity index (χ4n) is 1.66. The van der Waals surface area contributed by atoms with Gasteiger partial charge in [0.15, 0.2) is 0 Å². The SMILES string of the molecule is CC(N)C(CO)N1CCC(F)C1. The van der Waals surface area contributed by atoms with Crippen molar-refractivity contribution in [1.82, 2.24) is 4.90 Å². The van der Waals surface area contributed by atoms with E-state index in [2.05, 4.69) is 0 Å². The minimum atomic E-state index is -0.738. The maximum atomic E-state index is 12.8. The molecule has 0 bridgehead atoms. The van der Waals surface area contributed by atoms with Crippen LogP contribution in [0.15, 0.2) is 0 Å². The number of hydrogen-bond acceptors (Lipinski definition) is 3. The molecule has 0 aromatic carbocycles. The summed E-state index contributed by atoms with van der Waals surface area (Å²) in [5.41, 5.74) is 5.65. The van der Waals surface area contributed by atoms with Crippen LogP contribution in [0, 0.1) is 0 Å². The van der Waals surface area contributed by atoms with Crippen LogP contribution in [0.1, 0.15) is 13.3 Å². The molecule has 0 saturated carbocycles. The lowest BCUT2D eigenvalue weighted by Crippen LogP contribution is -2.47. The van der Waals surface area contributed by atoms with Gasteiger partial charge in [-0.05, 0) is 13.3 Å². The molecule has 0 spiro atoms. The Hall–Kier alpha value is -0.190. The van der Waals surface area contributed by atoms with Gasteiger partial charge in [0.25, 0.3) is 0 Å². The van der Waals surface area contributed by atoms with Gasteiger partial charge in [0.2, 0.25) is 0 Å². The van der Waals surface area contributed by atoms with Crippen molar-refractivity contribution in [2.45, 2.75) is 31.6 Å². The summed E-state index contributed by atoms with van der Waals surface area (Å²) in [6.07, 6.45) is -0.166. The second-order valence-electron chi connectivity index (χ2n) is 3.49. The highest BCUT2D eigenvalue weighted by atomic mass is 19.1. The predicted octanol–water partition coefficient (Wildman–Crippen LogP) is -0.262. The van der Waals surface area contributed by atoms with Crippen LogP contribution < -0.4 is 5.73 Å². The molecule has 0 aliphatic carbocycles. The Morgan fingerprint density at radius 2 is 2.42 bits per heavy atom. The molecule has 1 saturated heterocycles. The summed E-state index contributed by atoms with van der Waals surface area (Å²) in [7, 11) is 0. The van der Waals surface area contributed by atoms with E-state index in [-0.39, 0.29) is 18.7 Å². The number of likely N-dealkylation sites (tertiary alicyclic amines) is 1. The number of aliphatic hydroxyl groups is 1. The molecule has 1 aliphatic rings. The van der Waals surface area contributed by atoms with Crippen molar-refractivity contribution in [3.8, 4) is 0 Å². The molecule has 3 nitrogen and oxygen atoms in total. The summed E-state index contributed by atoms with van der Waals surface area (Å²) < 4.78 is 12.8. The average molecular weight is 176 g/mol. The molecular weight excluding hydrogens is 159 g/mol. The van der Waals surface area contributed by atoms with E-state index < -0.39 is 6.17 Å². The molecule has 12 heavy (non-hydrogen) atoms. The molecular formula is C8H17FN2O. The summed E-state index contributed by atoms with van der Waals surface area (Å²) in [5, 5.41) is 9.00. The van der Waals surface area contributed by atoms with Gasteiger partial charge < -0.3 is 10.8 Å². The standard InChI is InChI=1S/C8H17FN2O/c1-6(10)8(5-12)11-3-2-7(9)4-11/h6-8,12H,2-5,10H2,1H3. The normalized spacial score (nSPS) is 30.5. The minimum absolute atomic E-state index is 0.0182. The van der Waals surface area contributed by atoms with Crippen molar-refractivity contribution in [2.75, 3.05) is 19.7 Å². The summed E-state index contributed by atoms with van der Waals surface area (Å²) >= 11 is 0.